The van der Waals surface area contributed by atoms with Crippen LogP contribution in [0.25, 0.3) is 0 Å². The number of aliphatic carboxylic acids is 1. The standard InChI is InChI=1S/C50H69N3O27S2.2Na/c1-27-38(58)40(60)41(61)48(74-27)78-44-37(52-28(2)56)47(76-35(20-55)43(44)77-49-42(62)45(80-82(68,69)70)39(59)34(19-54)75-49)73-26-50(24-71-21-30-9-5-3-6-10-30,25-72-22-31-11-7-4-8-12-31)23-51-18-36(57)53-33(46(63)64)17-29-13-15-32(16-14-29)79-81(65,66)67;;/h3-16,27,33-35,37-45,47-49,51,54-55,58-62H,17-26H2,1-2H3,(H,52,56)(H,53,57)(H,63,64)(H,65,66,67)(H,68,69,70);;/q;2*+1/p-2/t27-,33-,34+,35+,37+,38+,39-,40+,41-,42+,43+,44+,45-,47+,48-,49-;;/m0../s1. The van der Waals surface area contributed by atoms with E-state index in [0.717, 1.165) is 30.2 Å². The van der Waals surface area contributed by atoms with E-state index < -0.39 is 168 Å². The third-order valence-corrected chi connectivity index (χ3v) is 13.9. The predicted octanol–water partition coefficient (Wildman–Crippen LogP) is -10.3. The van der Waals surface area contributed by atoms with Gasteiger partial charge < -0.3 is 98.5 Å². The first-order chi connectivity index (χ1) is 38.8. The maximum atomic E-state index is 13.5. The molecule has 0 saturated carbocycles. The molecule has 3 saturated heterocycles. The van der Waals surface area contributed by atoms with Crippen LogP contribution in [0.1, 0.15) is 30.5 Å². The van der Waals surface area contributed by atoms with Crippen LogP contribution in [0.2, 0.25) is 0 Å². The van der Waals surface area contributed by atoms with Gasteiger partial charge in [-0.1, -0.05) is 72.8 Å². The number of aliphatic hydroxyl groups excluding tert-OH is 7. The molecule has 0 amide bonds. The van der Waals surface area contributed by atoms with Crippen LogP contribution >= 0.6 is 0 Å². The Morgan fingerprint density at radius 1 is 0.679 bits per heavy atom. The Hall–Kier alpha value is -2.99. The SMILES string of the molecule is CC([O-])=N[C@H]1[C@H](OCC(CNCC([O-])=N[C@@H](Cc2ccc(OS(=O)(=O)O)cc2)C(=O)O)(COCc2ccccc2)COCc2ccccc2)O[C@H](CO)[C@@H](O[C@@H]2O[C@H](CO)[C@H](O)[C@H](OS(=O)(=O)O)[C@H]2O)[C@@H]1O[C@@H]1O[C@@H](C)[C@@H](O)[C@@H](O)[C@@H]1O.[Na+].[Na+]. The van der Waals surface area contributed by atoms with Crippen molar-refractivity contribution in [2.75, 3.05) is 46.1 Å². The summed E-state index contributed by atoms with van der Waals surface area (Å²) >= 11 is 0. The molecule has 3 aliphatic heterocycles. The van der Waals surface area contributed by atoms with E-state index in [1.807, 2.05) is 0 Å². The van der Waals surface area contributed by atoms with E-state index in [1.54, 1.807) is 60.7 Å². The van der Waals surface area contributed by atoms with E-state index in [2.05, 4.69) is 23.7 Å². The van der Waals surface area contributed by atoms with Gasteiger partial charge in [0.1, 0.15) is 78.9 Å². The van der Waals surface area contributed by atoms with E-state index in [4.69, 9.17) is 42.4 Å². The van der Waals surface area contributed by atoms with Crippen LogP contribution in [0.4, 0.5) is 0 Å². The van der Waals surface area contributed by atoms with Gasteiger partial charge in [0, 0.05) is 19.5 Å². The van der Waals surface area contributed by atoms with Crippen LogP contribution in [0.5, 0.6) is 5.75 Å². The smallest absolute Gasteiger partial charge is 0.862 e. The maximum Gasteiger partial charge on any atom is 1.00 e. The number of rotatable bonds is 30. The summed E-state index contributed by atoms with van der Waals surface area (Å²) in [6, 6.07) is 19.4. The normalized spacial score (nSPS) is 29.2. The van der Waals surface area contributed by atoms with Crippen molar-refractivity contribution < 1.29 is 187 Å². The Kier molecular flexibility index (Phi) is 29.8. The van der Waals surface area contributed by atoms with Gasteiger partial charge in [-0.05, 0) is 54.5 Å². The van der Waals surface area contributed by atoms with Crippen molar-refractivity contribution in [3.63, 3.8) is 0 Å². The Morgan fingerprint density at radius 2 is 1.23 bits per heavy atom. The molecule has 3 aliphatic rings. The number of hydrogen-bond acceptors (Lipinski definition) is 27. The van der Waals surface area contributed by atoms with Crippen LogP contribution < -0.4 is 78.8 Å². The van der Waals surface area contributed by atoms with Crippen molar-refractivity contribution in [2.24, 2.45) is 15.4 Å². The minimum absolute atomic E-state index is 0. The molecular weight excluding hydrogens is 1180 g/mol. The van der Waals surface area contributed by atoms with E-state index in [-0.39, 0.29) is 104 Å². The molecule has 0 radical (unpaired) electrons. The molecule has 0 unspecified atom stereocenters. The molecule has 16 atom stereocenters. The number of carbonyl (C=O) groups is 1. The molecule has 3 heterocycles. The van der Waals surface area contributed by atoms with Gasteiger partial charge in [-0.2, -0.15) is 16.8 Å². The third-order valence-electron chi connectivity index (χ3n) is 13.1. The predicted molar refractivity (Wildman–Crippen MR) is 274 cm³/mol. The summed E-state index contributed by atoms with van der Waals surface area (Å²) in [6.07, 6.45) is -27.0. The largest absolute Gasteiger partial charge is 1.00 e. The maximum absolute atomic E-state index is 13.5. The Bertz CT molecular complexity index is 2720. The summed E-state index contributed by atoms with van der Waals surface area (Å²) < 4.78 is 122. The van der Waals surface area contributed by atoms with Gasteiger partial charge in [-0.15, -0.1) is 0 Å². The molecule has 3 aromatic carbocycles. The number of ether oxygens (including phenoxy) is 8. The van der Waals surface area contributed by atoms with Gasteiger partial charge in [0.2, 0.25) is 0 Å². The molecule has 3 fully saturated rings. The fraction of sp³-hybridized carbons (Fsp3) is 0.580. The molecule has 0 bridgehead atoms. The average Bonchev–Trinajstić information content (AvgIpc) is 3.60. The molecule has 0 aliphatic carbocycles. The van der Waals surface area contributed by atoms with Crippen molar-refractivity contribution in [3.05, 3.63) is 102 Å². The van der Waals surface area contributed by atoms with Gasteiger partial charge in [0.15, 0.2) is 18.9 Å². The minimum Gasteiger partial charge on any atom is -0.862 e. The zero-order valence-electron chi connectivity index (χ0n) is 46.0. The summed E-state index contributed by atoms with van der Waals surface area (Å²) in [6.45, 7) is -1.55. The first-order valence-electron chi connectivity index (χ1n) is 25.3. The van der Waals surface area contributed by atoms with Crippen molar-refractivity contribution in [3.8, 4) is 5.75 Å². The van der Waals surface area contributed by atoms with Gasteiger partial charge >= 0.3 is 85.9 Å². The summed E-state index contributed by atoms with van der Waals surface area (Å²) in [4.78, 5) is 20.4. The Labute approximate surface area is 527 Å². The molecule has 0 aromatic heterocycles. The summed E-state index contributed by atoms with van der Waals surface area (Å²) in [5.74, 6) is -3.60. The van der Waals surface area contributed by atoms with Crippen LogP contribution in [-0.2, 0) is 87.3 Å². The van der Waals surface area contributed by atoms with E-state index in [9.17, 15) is 77.2 Å². The van der Waals surface area contributed by atoms with E-state index in [0.29, 0.717) is 5.56 Å². The number of carboxylic acid groups (broad SMARTS) is 1. The Morgan fingerprint density at radius 3 is 1.75 bits per heavy atom. The van der Waals surface area contributed by atoms with E-state index in [1.165, 1.54) is 19.1 Å². The molecular formula is C50H67N3Na2O27S2. The van der Waals surface area contributed by atoms with Gasteiger partial charge in [-0.25, -0.2) is 8.98 Å². The monoisotopic (exact) mass is 1250 g/mol. The van der Waals surface area contributed by atoms with Gasteiger partial charge in [0.05, 0.1) is 57.8 Å². The summed E-state index contributed by atoms with van der Waals surface area (Å²) in [7, 11) is -10.3. The zero-order chi connectivity index (χ0) is 59.9. The van der Waals surface area contributed by atoms with Crippen molar-refractivity contribution >= 4 is 38.6 Å². The molecule has 84 heavy (non-hydrogen) atoms. The number of aliphatic hydroxyl groups is 7. The van der Waals surface area contributed by atoms with Gasteiger partial charge in [0.25, 0.3) is 0 Å². The second-order valence-corrected chi connectivity index (χ2v) is 21.6. The van der Waals surface area contributed by atoms with Crippen LogP contribution in [0.3, 0.4) is 0 Å². The first-order valence-corrected chi connectivity index (χ1v) is 28.1. The molecule has 0 spiro atoms. The van der Waals surface area contributed by atoms with Crippen LogP contribution in [0.15, 0.2) is 94.9 Å². The number of nitrogens with zero attached hydrogens (tertiary/aromatic N) is 2. The summed E-state index contributed by atoms with van der Waals surface area (Å²) in [5.41, 5.74) is 0.349. The number of benzene rings is 3. The number of carboxylic acids is 1. The van der Waals surface area contributed by atoms with Crippen molar-refractivity contribution in [1.82, 2.24) is 5.32 Å². The fourth-order valence-corrected chi connectivity index (χ4v) is 9.89. The van der Waals surface area contributed by atoms with Gasteiger partial charge in [-0.3, -0.25) is 19.1 Å². The third kappa shape index (κ3) is 21.9. The number of aliphatic imine (C=N–C) groups is 2. The van der Waals surface area contributed by atoms with Crippen molar-refractivity contribution in [2.45, 2.75) is 132 Å². The average molecular weight is 1250 g/mol. The quantitative estimate of drug-likeness (QED) is 0.0128. The molecule has 30 nitrogen and oxygen atoms in total. The topological polar surface area (TPSA) is 463 Å². The molecule has 3 aromatic rings. The number of nitrogens with one attached hydrogen (secondary N) is 1. The van der Waals surface area contributed by atoms with Crippen LogP contribution in [0, 0.1) is 5.41 Å². The second kappa shape index (κ2) is 34.1. The zero-order valence-corrected chi connectivity index (χ0v) is 51.6. The minimum atomic E-state index is -5.41. The first kappa shape index (κ1) is 73.5. The summed E-state index contributed by atoms with van der Waals surface area (Å²) in [5, 5.41) is 115. The number of hydrogen-bond donors (Lipinski definition) is 11. The molecule has 11 N–H and O–H groups in total. The van der Waals surface area contributed by atoms with Crippen molar-refractivity contribution in [1.29, 1.82) is 0 Å². The molecule has 6 rings (SSSR count). The van der Waals surface area contributed by atoms with Crippen LogP contribution in [-0.4, -0.2) is 229 Å². The fourth-order valence-electron chi connectivity index (χ4n) is 9.02. The Balaban J connectivity index is 0.00000757. The molecule has 458 valence electrons. The van der Waals surface area contributed by atoms with E-state index >= 15 is 0 Å². The molecule has 34 heteroatoms. The second-order valence-electron chi connectivity index (χ2n) is 19.5.